The van der Waals surface area contributed by atoms with Crippen LogP contribution < -0.4 is 17.0 Å². The maximum Gasteiger partial charge on any atom is 0.698 e. The highest BCUT2D eigenvalue weighted by atomic mass is 31.2. The van der Waals surface area contributed by atoms with Crippen LogP contribution in [0.2, 0.25) is 0 Å². The Morgan fingerprint density at radius 3 is 2.72 bits per heavy atom. The lowest BCUT2D eigenvalue weighted by atomic mass is 9.85. The third-order valence-corrected chi connectivity index (χ3v) is 11.2. The summed E-state index contributed by atoms with van der Waals surface area (Å²) in [7, 11) is -6.50. The minimum absolute atomic E-state index is 0.00331. The van der Waals surface area contributed by atoms with Gasteiger partial charge in [-0.2, -0.15) is 4.98 Å². The number of aromatic nitrogens is 8. The van der Waals surface area contributed by atoms with Gasteiger partial charge in [-0.05, 0) is 0 Å². The number of methoxy groups -OCH3 is 1. The Morgan fingerprint density at radius 1 is 1.17 bits per heavy atom. The Labute approximate surface area is 257 Å². The standard InChI is InChI=1S/C23H26N10O11P2/c1-22-4-41-46(37,38)43-13-12(39-2)8(42-20(13)33-7-29-10-18(33)30-21(25)31-19(10)35)3-40-45(36)44-23(22)14(22)11(15(23)34)32-6-28-9-16(24)26-5-27-17(9)32/h5-8,11-15,20,34H,3-4H2,1-2H3,(H5-,24,25,26,27,30,31,35,37,38)/p+1/t8-,11-,12-,13-,14-,15+,20-,22+,23-/m1/s1. The summed E-state index contributed by atoms with van der Waals surface area (Å²) in [4.78, 5) is 46.4. The zero-order valence-electron chi connectivity index (χ0n) is 23.9. The van der Waals surface area contributed by atoms with Crippen LogP contribution in [0.5, 0.6) is 0 Å². The summed E-state index contributed by atoms with van der Waals surface area (Å²) < 4.78 is 64.1. The second kappa shape index (κ2) is 10.0. The molecule has 4 aliphatic rings. The van der Waals surface area contributed by atoms with E-state index in [0.717, 1.165) is 0 Å². The van der Waals surface area contributed by atoms with Crippen LogP contribution in [0.15, 0.2) is 23.8 Å². The molecule has 23 heteroatoms. The van der Waals surface area contributed by atoms with Gasteiger partial charge < -0.3 is 35.5 Å². The molecule has 46 heavy (non-hydrogen) atoms. The van der Waals surface area contributed by atoms with Crippen molar-refractivity contribution < 1.29 is 46.7 Å². The van der Waals surface area contributed by atoms with E-state index in [1.807, 2.05) is 0 Å². The number of fused-ring (bicyclic) bond motifs is 5. The van der Waals surface area contributed by atoms with E-state index in [9.17, 15) is 23.9 Å². The van der Waals surface area contributed by atoms with E-state index >= 15 is 0 Å². The van der Waals surface area contributed by atoms with Crippen molar-refractivity contribution >= 4 is 50.2 Å². The van der Waals surface area contributed by atoms with Gasteiger partial charge in [-0.1, -0.05) is 6.92 Å². The SMILES string of the molecule is CO[C@H]1[C@H]2OP(=O)(O)OC[C@@]3(C)[C@H]4[C@@H](n5cnc6c(N)ncnc65)[C@H](O)[C@]43O[P+](=O)OC[C@H]1O[C@H]2n1cnc2c(=O)[nH]c(N)nc21. The monoisotopic (exact) mass is 681 g/mol. The van der Waals surface area contributed by atoms with Crippen molar-refractivity contribution in [2.24, 2.45) is 11.3 Å². The summed E-state index contributed by atoms with van der Waals surface area (Å²) in [5.74, 6) is -0.648. The van der Waals surface area contributed by atoms with Gasteiger partial charge in [0.25, 0.3) is 5.56 Å². The molecule has 7 N–H and O–H groups in total. The fraction of sp³-hybridized carbons (Fsp3) is 0.565. The molecule has 0 radical (unpaired) electrons. The number of nitrogens with one attached hydrogen (secondary N) is 1. The van der Waals surface area contributed by atoms with Crippen molar-refractivity contribution in [1.82, 2.24) is 39.0 Å². The molecule has 2 bridgehead atoms. The number of rotatable bonds is 3. The molecule has 0 aromatic carbocycles. The van der Waals surface area contributed by atoms with Crippen LogP contribution in [0.3, 0.4) is 0 Å². The van der Waals surface area contributed by atoms with Crippen LogP contribution >= 0.6 is 16.1 Å². The maximum atomic E-state index is 13.5. The minimum atomic E-state index is -4.92. The number of phosphoric acid groups is 1. The molecule has 2 saturated carbocycles. The van der Waals surface area contributed by atoms with Gasteiger partial charge >= 0.3 is 16.1 Å². The maximum absolute atomic E-state index is 13.5. The lowest BCUT2D eigenvalue weighted by Crippen LogP contribution is -2.51. The van der Waals surface area contributed by atoms with Gasteiger partial charge in [-0.15, -0.1) is 9.05 Å². The molecule has 244 valence electrons. The van der Waals surface area contributed by atoms with Crippen molar-refractivity contribution in [1.29, 1.82) is 0 Å². The normalized spacial score (nSPS) is 40.0. The lowest BCUT2D eigenvalue weighted by Gasteiger charge is -2.37. The number of hydrogen-bond acceptors (Lipinski definition) is 17. The number of imidazole rings is 2. The van der Waals surface area contributed by atoms with Crippen LogP contribution in [0.1, 0.15) is 19.2 Å². The first-order valence-corrected chi connectivity index (χ1v) is 16.5. The first kappa shape index (κ1) is 29.9. The Balaban J connectivity index is 1.13. The quantitative estimate of drug-likeness (QED) is 0.171. The number of nitrogen functional groups attached to an aromatic ring is 2. The highest BCUT2D eigenvalue weighted by molar-refractivity contribution is 7.47. The molecule has 21 nitrogen and oxygen atoms in total. The van der Waals surface area contributed by atoms with E-state index in [1.54, 1.807) is 11.5 Å². The van der Waals surface area contributed by atoms with Crippen molar-refractivity contribution in [3.8, 4) is 0 Å². The van der Waals surface area contributed by atoms with E-state index < -0.39 is 81.9 Å². The third-order valence-electron chi connectivity index (χ3n) is 9.41. The van der Waals surface area contributed by atoms with Crippen molar-refractivity contribution in [2.45, 2.75) is 49.2 Å². The zero-order valence-corrected chi connectivity index (χ0v) is 25.7. The van der Waals surface area contributed by atoms with E-state index in [4.69, 9.17) is 39.0 Å². The second-order valence-corrected chi connectivity index (χ2v) is 14.0. The molecule has 11 atom stereocenters. The van der Waals surface area contributed by atoms with Crippen LogP contribution in [-0.2, 0) is 36.7 Å². The third kappa shape index (κ3) is 4.01. The average Bonchev–Trinajstić information content (AvgIpc) is 3.52. The van der Waals surface area contributed by atoms with Gasteiger partial charge in [0.2, 0.25) is 5.95 Å². The molecule has 2 unspecified atom stereocenters. The van der Waals surface area contributed by atoms with E-state index in [2.05, 4.69) is 29.9 Å². The minimum Gasteiger partial charge on any atom is -0.388 e. The molecule has 1 spiro atoms. The van der Waals surface area contributed by atoms with E-state index in [-0.39, 0.29) is 29.5 Å². The molecule has 0 amide bonds. The molecule has 2 saturated heterocycles. The predicted molar refractivity (Wildman–Crippen MR) is 152 cm³/mol. The summed E-state index contributed by atoms with van der Waals surface area (Å²) in [6.07, 6.45) is -2.08. The number of H-pyrrole nitrogens is 1. The Kier molecular flexibility index (Phi) is 6.50. The first-order chi connectivity index (χ1) is 21.9. The lowest BCUT2D eigenvalue weighted by molar-refractivity contribution is -0.103. The van der Waals surface area contributed by atoms with Crippen molar-refractivity contribution in [3.05, 3.63) is 29.3 Å². The number of aliphatic hydroxyl groups is 1. The van der Waals surface area contributed by atoms with Gasteiger partial charge in [-0.3, -0.25) is 23.4 Å². The number of ether oxygens (including phenoxy) is 2. The predicted octanol–water partition coefficient (Wildman–Crippen LogP) is -0.467. The van der Waals surface area contributed by atoms with Crippen LogP contribution in [0, 0.1) is 11.3 Å². The van der Waals surface area contributed by atoms with Gasteiger partial charge in [-0.25, -0.2) is 24.5 Å². The molecular weight excluding hydrogens is 654 g/mol. The number of aliphatic hydroxyl groups excluding tert-OH is 1. The number of hydrogen-bond donors (Lipinski definition) is 5. The average molecular weight is 681 g/mol. The number of nitrogens with two attached hydrogens (primary N) is 2. The number of nitrogens with zero attached hydrogens (tertiary/aromatic N) is 7. The summed E-state index contributed by atoms with van der Waals surface area (Å²) in [5.41, 5.74) is 9.02. The molecule has 4 aromatic rings. The molecule has 8 rings (SSSR count). The van der Waals surface area contributed by atoms with Gasteiger partial charge in [0.1, 0.15) is 42.9 Å². The van der Waals surface area contributed by atoms with Crippen molar-refractivity contribution in [2.75, 3.05) is 31.8 Å². The summed E-state index contributed by atoms with van der Waals surface area (Å²) in [5, 5.41) is 11.5. The summed E-state index contributed by atoms with van der Waals surface area (Å²) in [6.45, 7) is 0.808. The fourth-order valence-electron chi connectivity index (χ4n) is 7.27. The first-order valence-electron chi connectivity index (χ1n) is 13.9. The zero-order chi connectivity index (χ0) is 32.3. The van der Waals surface area contributed by atoms with Crippen LogP contribution in [0.25, 0.3) is 22.3 Å². The van der Waals surface area contributed by atoms with E-state index in [1.165, 1.54) is 30.7 Å². The molecule has 4 aromatic heterocycles. The Bertz CT molecular complexity index is 2020. The van der Waals surface area contributed by atoms with Gasteiger partial charge in [0.15, 0.2) is 34.5 Å². The second-order valence-electron chi connectivity index (χ2n) is 11.7. The molecule has 2 aliphatic heterocycles. The molecule has 4 fully saturated rings. The van der Waals surface area contributed by atoms with Gasteiger partial charge in [0.05, 0.1) is 25.3 Å². The largest absolute Gasteiger partial charge is 0.698 e. The molecular formula is C23H27N10O11P2+. The smallest absolute Gasteiger partial charge is 0.388 e. The number of anilines is 2. The highest BCUT2D eigenvalue weighted by Gasteiger charge is 2.93. The Hall–Kier alpha value is -3.49. The van der Waals surface area contributed by atoms with Crippen molar-refractivity contribution in [3.63, 3.8) is 0 Å². The van der Waals surface area contributed by atoms with Crippen LogP contribution in [0.4, 0.5) is 11.8 Å². The molecule has 2 aliphatic carbocycles. The fourth-order valence-corrected chi connectivity index (χ4v) is 9.30. The summed E-state index contributed by atoms with van der Waals surface area (Å²) in [6, 6.07) is -0.706. The molecule has 6 heterocycles. The van der Waals surface area contributed by atoms with E-state index in [0.29, 0.717) is 11.2 Å². The number of aromatic amines is 1. The van der Waals surface area contributed by atoms with Crippen LogP contribution in [-0.4, -0.2) is 99.4 Å². The number of phosphoric ester groups is 1. The Morgan fingerprint density at radius 2 is 1.93 bits per heavy atom. The highest BCUT2D eigenvalue weighted by Crippen LogP contribution is 2.81. The summed E-state index contributed by atoms with van der Waals surface area (Å²) >= 11 is 0. The van der Waals surface area contributed by atoms with Gasteiger partial charge in [0, 0.05) is 23.0 Å². The topological polar surface area (TPSA) is 289 Å².